The first-order valence-electron chi connectivity index (χ1n) is 6.08. The Kier molecular flexibility index (Phi) is 1.93. The molecule has 0 radical (unpaired) electrons. The van der Waals surface area contributed by atoms with Crippen LogP contribution in [-0.4, -0.2) is 11.7 Å². The van der Waals surface area contributed by atoms with E-state index in [1.165, 1.54) is 22.3 Å². The average Bonchev–Trinajstić information content (AvgIpc) is 2.77. The summed E-state index contributed by atoms with van der Waals surface area (Å²) >= 11 is 0. The van der Waals surface area contributed by atoms with Crippen LogP contribution < -0.4 is 0 Å². The summed E-state index contributed by atoms with van der Waals surface area (Å²) in [4.78, 5) is 0. The van der Waals surface area contributed by atoms with Gasteiger partial charge in [0, 0.05) is 11.1 Å². The van der Waals surface area contributed by atoms with Gasteiger partial charge in [-0.3, -0.25) is 0 Å². The maximum atomic E-state index is 6.04. The third-order valence-electron chi connectivity index (χ3n) is 4.10. The van der Waals surface area contributed by atoms with E-state index >= 15 is 0 Å². The van der Waals surface area contributed by atoms with E-state index in [0.29, 0.717) is 0 Å². The van der Waals surface area contributed by atoms with Crippen LogP contribution in [-0.2, 0) is 9.47 Å². The van der Waals surface area contributed by atoms with Crippen LogP contribution in [0.15, 0.2) is 46.0 Å². The Labute approximate surface area is 102 Å². The molecule has 0 spiro atoms. The highest BCUT2D eigenvalue weighted by Crippen LogP contribution is 2.49. The van der Waals surface area contributed by atoms with Crippen LogP contribution in [0.4, 0.5) is 0 Å². The topological polar surface area (TPSA) is 18.5 Å². The summed E-state index contributed by atoms with van der Waals surface area (Å²) in [7, 11) is 0. The fourth-order valence-electron chi connectivity index (χ4n) is 3.15. The van der Waals surface area contributed by atoms with Crippen LogP contribution in [0, 0.1) is 0 Å². The van der Waals surface area contributed by atoms with Crippen LogP contribution in [0.1, 0.15) is 34.6 Å². The third-order valence-corrected chi connectivity index (χ3v) is 4.10. The largest absolute Gasteiger partial charge is 0.486 e. The zero-order valence-electron chi connectivity index (χ0n) is 11.0. The second-order valence-corrected chi connectivity index (χ2v) is 5.34. The van der Waals surface area contributed by atoms with Crippen molar-refractivity contribution in [2.75, 3.05) is 0 Å². The molecule has 1 aliphatic carbocycles. The summed E-state index contributed by atoms with van der Waals surface area (Å²) < 4.78 is 12.0. The van der Waals surface area contributed by atoms with Gasteiger partial charge in [0.15, 0.2) is 11.7 Å². The molecule has 0 amide bonds. The van der Waals surface area contributed by atoms with Crippen LogP contribution >= 0.6 is 0 Å². The molecule has 2 nitrogen and oxygen atoms in total. The molecule has 0 bridgehead atoms. The molecule has 0 aromatic heterocycles. The quantitative estimate of drug-likeness (QED) is 0.632. The standard InChI is InChI=1S/C15H18O2/c1-8-6-12-10(3)11(4)13-7-9(2)17-15(13,5)14(12)16-8/h6-7,14H,1-5H3. The van der Waals surface area contributed by atoms with E-state index in [1.54, 1.807) is 0 Å². The molecule has 3 aliphatic rings. The Bertz CT molecular complexity index is 531. The van der Waals surface area contributed by atoms with Gasteiger partial charge in [-0.25, -0.2) is 0 Å². The Morgan fingerprint density at radius 3 is 2.41 bits per heavy atom. The van der Waals surface area contributed by atoms with Crippen molar-refractivity contribution < 1.29 is 9.47 Å². The van der Waals surface area contributed by atoms with Crippen LogP contribution in [0.3, 0.4) is 0 Å². The number of fused-ring (bicyclic) bond motifs is 3. The van der Waals surface area contributed by atoms with Crippen molar-refractivity contribution in [2.45, 2.75) is 46.3 Å². The number of rotatable bonds is 0. The Balaban J connectivity index is 2.22. The number of ether oxygens (including phenoxy) is 2. The third kappa shape index (κ3) is 1.21. The molecule has 2 heterocycles. The van der Waals surface area contributed by atoms with Gasteiger partial charge in [0.2, 0.25) is 0 Å². The van der Waals surface area contributed by atoms with Gasteiger partial charge >= 0.3 is 0 Å². The predicted molar refractivity (Wildman–Crippen MR) is 67.3 cm³/mol. The molecule has 0 N–H and O–H groups in total. The average molecular weight is 230 g/mol. The van der Waals surface area contributed by atoms with Gasteiger partial charge < -0.3 is 9.47 Å². The van der Waals surface area contributed by atoms with Gasteiger partial charge in [0.1, 0.15) is 0 Å². The molecule has 2 atom stereocenters. The molecule has 2 aliphatic heterocycles. The second-order valence-electron chi connectivity index (χ2n) is 5.34. The van der Waals surface area contributed by atoms with Crippen molar-refractivity contribution in [1.82, 2.24) is 0 Å². The molecule has 0 aromatic rings. The van der Waals surface area contributed by atoms with Gasteiger partial charge in [-0.2, -0.15) is 0 Å². The van der Waals surface area contributed by atoms with Gasteiger partial charge in [-0.15, -0.1) is 0 Å². The summed E-state index contributed by atoms with van der Waals surface area (Å²) in [6.45, 7) is 10.5. The molecular weight excluding hydrogens is 212 g/mol. The number of allylic oxidation sites excluding steroid dienone is 4. The minimum absolute atomic E-state index is 0.00917. The van der Waals surface area contributed by atoms with Gasteiger partial charge in [-0.05, 0) is 57.9 Å². The lowest BCUT2D eigenvalue weighted by Gasteiger charge is -2.38. The lowest BCUT2D eigenvalue weighted by molar-refractivity contribution is -0.0331. The molecular formula is C15H18O2. The van der Waals surface area contributed by atoms with Gasteiger partial charge in [0.25, 0.3) is 0 Å². The maximum absolute atomic E-state index is 6.04. The first kappa shape index (κ1) is 10.7. The lowest BCUT2D eigenvalue weighted by Crippen LogP contribution is -2.44. The summed E-state index contributed by atoms with van der Waals surface area (Å²) in [6.07, 6.45) is 4.30. The molecule has 0 fully saturated rings. The Morgan fingerprint density at radius 2 is 1.71 bits per heavy atom. The summed E-state index contributed by atoms with van der Waals surface area (Å²) in [6, 6.07) is 0. The SMILES string of the molecule is CC1=CC2=C(C)C(C)=C3C=C(C)OC3(C)C2O1. The van der Waals surface area contributed by atoms with E-state index in [4.69, 9.17) is 9.47 Å². The predicted octanol–water partition coefficient (Wildman–Crippen LogP) is 3.63. The fourth-order valence-corrected chi connectivity index (χ4v) is 3.15. The fraction of sp³-hybridized carbons (Fsp3) is 0.467. The van der Waals surface area contributed by atoms with Gasteiger partial charge in [0.05, 0.1) is 11.5 Å². The highest BCUT2D eigenvalue weighted by molar-refractivity contribution is 5.58. The molecule has 0 aromatic carbocycles. The zero-order chi connectivity index (χ0) is 12.4. The molecule has 0 saturated carbocycles. The maximum Gasteiger partial charge on any atom is 0.172 e. The molecule has 90 valence electrons. The van der Waals surface area contributed by atoms with Crippen LogP contribution in [0.25, 0.3) is 0 Å². The molecule has 2 unspecified atom stereocenters. The highest BCUT2D eigenvalue weighted by Gasteiger charge is 2.51. The first-order chi connectivity index (χ1) is 7.93. The lowest BCUT2D eigenvalue weighted by atomic mass is 9.76. The van der Waals surface area contributed by atoms with E-state index in [2.05, 4.69) is 32.9 Å². The molecule has 2 heteroatoms. The van der Waals surface area contributed by atoms with Crippen LogP contribution in [0.5, 0.6) is 0 Å². The number of hydrogen-bond donors (Lipinski definition) is 0. The van der Waals surface area contributed by atoms with Crippen molar-refractivity contribution >= 4 is 0 Å². The van der Waals surface area contributed by atoms with Gasteiger partial charge in [-0.1, -0.05) is 0 Å². The molecule has 3 rings (SSSR count). The van der Waals surface area contributed by atoms with Crippen molar-refractivity contribution in [3.8, 4) is 0 Å². The van der Waals surface area contributed by atoms with Crippen LogP contribution in [0.2, 0.25) is 0 Å². The van der Waals surface area contributed by atoms with E-state index in [0.717, 1.165) is 11.5 Å². The zero-order valence-corrected chi connectivity index (χ0v) is 11.0. The smallest absolute Gasteiger partial charge is 0.172 e. The monoisotopic (exact) mass is 230 g/mol. The molecule has 17 heavy (non-hydrogen) atoms. The van der Waals surface area contributed by atoms with E-state index < -0.39 is 0 Å². The number of hydrogen-bond acceptors (Lipinski definition) is 2. The Morgan fingerprint density at radius 1 is 1.00 bits per heavy atom. The highest BCUT2D eigenvalue weighted by atomic mass is 16.6. The van der Waals surface area contributed by atoms with Crippen molar-refractivity contribution in [2.24, 2.45) is 0 Å². The van der Waals surface area contributed by atoms with Crippen molar-refractivity contribution in [3.63, 3.8) is 0 Å². The van der Waals surface area contributed by atoms with E-state index in [1.807, 2.05) is 13.8 Å². The summed E-state index contributed by atoms with van der Waals surface area (Å²) in [5.41, 5.74) is 4.84. The molecule has 0 saturated heterocycles. The van der Waals surface area contributed by atoms with E-state index in [-0.39, 0.29) is 11.7 Å². The van der Waals surface area contributed by atoms with E-state index in [9.17, 15) is 0 Å². The van der Waals surface area contributed by atoms with Crippen molar-refractivity contribution in [1.29, 1.82) is 0 Å². The van der Waals surface area contributed by atoms with Crippen molar-refractivity contribution in [3.05, 3.63) is 46.0 Å². The minimum Gasteiger partial charge on any atom is -0.486 e. The normalized spacial score (nSPS) is 35.0. The Hall–Kier alpha value is -1.44. The summed E-state index contributed by atoms with van der Waals surface area (Å²) in [5.74, 6) is 1.96. The first-order valence-corrected chi connectivity index (χ1v) is 6.08. The second kappa shape index (κ2) is 3.06. The minimum atomic E-state index is -0.350. The summed E-state index contributed by atoms with van der Waals surface area (Å²) in [5, 5.41) is 0.